The van der Waals surface area contributed by atoms with Crippen LogP contribution in [0.15, 0.2) is 28.9 Å². The van der Waals surface area contributed by atoms with Crippen molar-refractivity contribution in [2.45, 2.75) is 19.9 Å². The zero-order valence-corrected chi connectivity index (χ0v) is 14.2. The molecule has 0 saturated heterocycles. The second-order valence-electron chi connectivity index (χ2n) is 4.76. The van der Waals surface area contributed by atoms with Crippen LogP contribution in [0.5, 0.6) is 5.75 Å². The molecule has 0 aliphatic heterocycles. The molecule has 1 heterocycles. The Morgan fingerprint density at radius 3 is 2.83 bits per heavy atom. The second kappa shape index (κ2) is 7.23. The summed E-state index contributed by atoms with van der Waals surface area (Å²) in [6, 6.07) is 4.27. The molecule has 2 rings (SSSR count). The molecule has 0 fully saturated rings. The van der Waals surface area contributed by atoms with Gasteiger partial charge in [-0.2, -0.15) is 5.10 Å². The third kappa shape index (κ3) is 4.28. The van der Waals surface area contributed by atoms with Gasteiger partial charge in [-0.25, -0.2) is 0 Å². The lowest BCUT2D eigenvalue weighted by Gasteiger charge is -2.07. The lowest BCUT2D eigenvalue weighted by Crippen LogP contribution is -2.15. The quantitative estimate of drug-likeness (QED) is 0.611. The molecule has 0 atom stereocenters. The number of methoxy groups -OCH3 is 1. The van der Waals surface area contributed by atoms with E-state index < -0.39 is 4.92 Å². The standard InChI is InChI=1S/C14H15BrN4O4/c1-9-11(15)8-18(17-9)6-5-14(20)16-12-4-3-10(23-2)7-13(12)19(21)22/h3-4,7-8H,5-6H2,1-2H3,(H,16,20). The minimum absolute atomic E-state index is 0.138. The van der Waals surface area contributed by atoms with Gasteiger partial charge in [0.15, 0.2) is 0 Å². The number of nitrogens with zero attached hydrogens (tertiary/aromatic N) is 3. The predicted molar refractivity (Wildman–Crippen MR) is 87.6 cm³/mol. The number of benzene rings is 1. The fourth-order valence-corrected chi connectivity index (χ4v) is 2.25. The molecule has 0 saturated carbocycles. The van der Waals surface area contributed by atoms with E-state index in [1.165, 1.54) is 19.2 Å². The van der Waals surface area contributed by atoms with Gasteiger partial charge < -0.3 is 10.1 Å². The first kappa shape index (κ1) is 16.9. The maximum absolute atomic E-state index is 12.0. The number of ether oxygens (including phenoxy) is 1. The molecule has 1 aromatic heterocycles. The number of aryl methyl sites for hydroxylation is 2. The summed E-state index contributed by atoms with van der Waals surface area (Å²) in [6.45, 7) is 2.23. The zero-order chi connectivity index (χ0) is 17.0. The number of nitrogens with one attached hydrogen (secondary N) is 1. The number of carbonyl (C=O) groups is 1. The van der Waals surface area contributed by atoms with E-state index in [9.17, 15) is 14.9 Å². The molecule has 1 N–H and O–H groups in total. The van der Waals surface area contributed by atoms with E-state index in [4.69, 9.17) is 4.74 Å². The molecule has 0 radical (unpaired) electrons. The van der Waals surface area contributed by atoms with Crippen molar-refractivity contribution in [3.63, 3.8) is 0 Å². The first-order chi connectivity index (χ1) is 10.9. The Kier molecular flexibility index (Phi) is 5.32. The summed E-state index contributed by atoms with van der Waals surface area (Å²) in [5.74, 6) is 0.0223. The minimum Gasteiger partial charge on any atom is -0.496 e. The number of carbonyl (C=O) groups excluding carboxylic acids is 1. The van der Waals surface area contributed by atoms with Gasteiger partial charge in [-0.05, 0) is 35.0 Å². The summed E-state index contributed by atoms with van der Waals surface area (Å²) in [7, 11) is 1.42. The summed E-state index contributed by atoms with van der Waals surface area (Å²) in [6.07, 6.45) is 1.93. The average Bonchev–Trinajstić information content (AvgIpc) is 2.84. The highest BCUT2D eigenvalue weighted by Crippen LogP contribution is 2.29. The fourth-order valence-electron chi connectivity index (χ4n) is 1.93. The monoisotopic (exact) mass is 382 g/mol. The van der Waals surface area contributed by atoms with Crippen molar-refractivity contribution < 1.29 is 14.5 Å². The zero-order valence-electron chi connectivity index (χ0n) is 12.6. The molecule has 0 aliphatic carbocycles. The van der Waals surface area contributed by atoms with Gasteiger partial charge in [0.1, 0.15) is 11.4 Å². The van der Waals surface area contributed by atoms with Gasteiger partial charge in [0.05, 0.1) is 28.3 Å². The van der Waals surface area contributed by atoms with Gasteiger partial charge in [0.25, 0.3) is 5.69 Å². The summed E-state index contributed by atoms with van der Waals surface area (Å²) < 4.78 is 7.46. The molecule has 1 aromatic carbocycles. The SMILES string of the molecule is COc1ccc(NC(=O)CCn2cc(Br)c(C)n2)c([N+](=O)[O-])c1. The lowest BCUT2D eigenvalue weighted by atomic mass is 10.2. The van der Waals surface area contributed by atoms with Crippen molar-refractivity contribution >= 4 is 33.2 Å². The number of amides is 1. The van der Waals surface area contributed by atoms with Crippen LogP contribution >= 0.6 is 15.9 Å². The molecule has 0 bridgehead atoms. The topological polar surface area (TPSA) is 99.3 Å². The van der Waals surface area contributed by atoms with Crippen LogP contribution in [0.3, 0.4) is 0 Å². The molecule has 0 unspecified atom stereocenters. The van der Waals surface area contributed by atoms with E-state index in [1.807, 2.05) is 6.92 Å². The Balaban J connectivity index is 2.03. The van der Waals surface area contributed by atoms with Gasteiger partial charge in [-0.15, -0.1) is 0 Å². The molecule has 122 valence electrons. The van der Waals surface area contributed by atoms with Gasteiger partial charge in [-0.1, -0.05) is 0 Å². The maximum Gasteiger partial charge on any atom is 0.296 e. The number of rotatable bonds is 6. The van der Waals surface area contributed by atoms with Crippen LogP contribution in [-0.4, -0.2) is 27.7 Å². The Morgan fingerprint density at radius 2 is 2.26 bits per heavy atom. The maximum atomic E-state index is 12.0. The van der Waals surface area contributed by atoms with Gasteiger partial charge >= 0.3 is 0 Å². The third-order valence-corrected chi connectivity index (χ3v) is 3.91. The summed E-state index contributed by atoms with van der Waals surface area (Å²) in [5, 5.41) is 17.8. The molecule has 9 heteroatoms. The first-order valence-electron chi connectivity index (χ1n) is 6.72. The Labute approximate surface area is 140 Å². The molecule has 0 spiro atoms. The highest BCUT2D eigenvalue weighted by atomic mass is 79.9. The molecule has 1 amide bonds. The van der Waals surface area contributed by atoms with Gasteiger partial charge in [0, 0.05) is 19.2 Å². The normalized spacial score (nSPS) is 10.4. The van der Waals surface area contributed by atoms with E-state index in [1.54, 1.807) is 16.9 Å². The second-order valence-corrected chi connectivity index (χ2v) is 5.62. The van der Waals surface area contributed by atoms with Crippen molar-refractivity contribution in [1.82, 2.24) is 9.78 Å². The third-order valence-electron chi connectivity index (χ3n) is 3.13. The van der Waals surface area contributed by atoms with Crippen molar-refractivity contribution in [3.8, 4) is 5.75 Å². The number of hydrogen-bond acceptors (Lipinski definition) is 5. The van der Waals surface area contributed by atoms with Crippen LogP contribution in [-0.2, 0) is 11.3 Å². The van der Waals surface area contributed by atoms with E-state index in [0.717, 1.165) is 10.2 Å². The molecule has 23 heavy (non-hydrogen) atoms. The molecule has 2 aromatic rings. The van der Waals surface area contributed by atoms with Crippen molar-refractivity contribution in [1.29, 1.82) is 0 Å². The summed E-state index contributed by atoms with van der Waals surface area (Å²) >= 11 is 3.35. The average molecular weight is 383 g/mol. The minimum atomic E-state index is -0.563. The molecule has 0 aliphatic rings. The molecule has 8 nitrogen and oxygen atoms in total. The van der Waals surface area contributed by atoms with Crippen molar-refractivity contribution in [2.24, 2.45) is 0 Å². The fraction of sp³-hybridized carbons (Fsp3) is 0.286. The van der Waals surface area contributed by atoms with E-state index in [0.29, 0.717) is 12.3 Å². The van der Waals surface area contributed by atoms with Crippen LogP contribution in [0.25, 0.3) is 0 Å². The van der Waals surface area contributed by atoms with Crippen LogP contribution in [0.4, 0.5) is 11.4 Å². The highest BCUT2D eigenvalue weighted by Gasteiger charge is 2.17. The number of nitro groups is 1. The predicted octanol–water partition coefficient (Wildman–Crippen LogP) is 2.90. The Bertz CT molecular complexity index is 725. The van der Waals surface area contributed by atoms with E-state index >= 15 is 0 Å². The van der Waals surface area contributed by atoms with Crippen molar-refractivity contribution in [3.05, 3.63) is 44.7 Å². The Hall–Kier alpha value is -2.42. The largest absolute Gasteiger partial charge is 0.496 e. The smallest absolute Gasteiger partial charge is 0.296 e. The summed E-state index contributed by atoms with van der Waals surface area (Å²) in [5.41, 5.74) is 0.755. The highest BCUT2D eigenvalue weighted by molar-refractivity contribution is 9.10. The number of anilines is 1. The van der Waals surface area contributed by atoms with E-state index in [2.05, 4.69) is 26.3 Å². The number of nitro benzene ring substituents is 1. The van der Waals surface area contributed by atoms with Gasteiger partial charge in [0.2, 0.25) is 5.91 Å². The number of halogens is 1. The number of hydrogen-bond donors (Lipinski definition) is 1. The summed E-state index contributed by atoms with van der Waals surface area (Å²) in [4.78, 5) is 22.5. The number of aromatic nitrogens is 2. The van der Waals surface area contributed by atoms with Crippen LogP contribution in [0.2, 0.25) is 0 Å². The van der Waals surface area contributed by atoms with E-state index in [-0.39, 0.29) is 23.7 Å². The first-order valence-corrected chi connectivity index (χ1v) is 7.52. The lowest BCUT2D eigenvalue weighted by molar-refractivity contribution is -0.384. The van der Waals surface area contributed by atoms with Crippen LogP contribution in [0, 0.1) is 17.0 Å². The van der Waals surface area contributed by atoms with Crippen LogP contribution in [0.1, 0.15) is 12.1 Å². The van der Waals surface area contributed by atoms with Crippen LogP contribution < -0.4 is 10.1 Å². The molecular weight excluding hydrogens is 368 g/mol. The Morgan fingerprint density at radius 1 is 1.52 bits per heavy atom. The van der Waals surface area contributed by atoms with Crippen molar-refractivity contribution in [2.75, 3.05) is 12.4 Å². The molecular formula is C14H15BrN4O4. The van der Waals surface area contributed by atoms with Gasteiger partial charge in [-0.3, -0.25) is 19.6 Å².